The monoisotopic (exact) mass is 435 g/mol. The molecule has 0 aromatic heterocycles. The Labute approximate surface area is 179 Å². The molecule has 0 saturated heterocycles. The topological polar surface area (TPSA) is 155 Å². The van der Waals surface area contributed by atoms with Crippen LogP contribution in [0.4, 0.5) is 0 Å². The molecule has 31 heavy (non-hydrogen) atoms. The summed E-state index contributed by atoms with van der Waals surface area (Å²) in [6.07, 6.45) is 1.24. The molecular weight excluding hydrogens is 406 g/mol. The van der Waals surface area contributed by atoms with E-state index in [9.17, 15) is 28.8 Å². The van der Waals surface area contributed by atoms with E-state index < -0.39 is 47.1 Å². The number of carboxylic acids is 2. The zero-order chi connectivity index (χ0) is 23.1. The largest absolute Gasteiger partial charge is 0.481 e. The van der Waals surface area contributed by atoms with Crippen LogP contribution in [0, 0.1) is 28.6 Å². The minimum absolute atomic E-state index is 0.0518. The molecule has 9 heteroatoms. The van der Waals surface area contributed by atoms with Crippen LogP contribution in [-0.2, 0) is 28.8 Å². The first-order valence-electron chi connectivity index (χ1n) is 10.7. The second kappa shape index (κ2) is 8.16. The Morgan fingerprint density at radius 1 is 1.06 bits per heavy atom. The number of hydrogen-bond acceptors (Lipinski definition) is 6. The summed E-state index contributed by atoms with van der Waals surface area (Å²) in [6.45, 7) is 3.56. The summed E-state index contributed by atoms with van der Waals surface area (Å²) >= 11 is 0. The maximum absolute atomic E-state index is 13.2. The van der Waals surface area contributed by atoms with Crippen molar-refractivity contribution in [1.29, 1.82) is 0 Å². The molecule has 0 radical (unpaired) electrons. The Morgan fingerprint density at radius 2 is 1.71 bits per heavy atom. The van der Waals surface area contributed by atoms with Crippen LogP contribution in [0.1, 0.15) is 65.2 Å². The first-order chi connectivity index (χ1) is 14.4. The molecule has 9 nitrogen and oxygen atoms in total. The number of carbonyl (C=O) groups excluding carboxylic acids is 4. The van der Waals surface area contributed by atoms with E-state index in [-0.39, 0.29) is 54.9 Å². The maximum Gasteiger partial charge on any atom is 0.326 e. The van der Waals surface area contributed by atoms with Crippen molar-refractivity contribution in [3.63, 3.8) is 0 Å². The lowest BCUT2D eigenvalue weighted by Crippen LogP contribution is -2.56. The van der Waals surface area contributed by atoms with Gasteiger partial charge in [0.1, 0.15) is 23.4 Å². The van der Waals surface area contributed by atoms with E-state index in [2.05, 4.69) is 5.32 Å². The normalized spacial score (nSPS) is 35.8. The lowest BCUT2D eigenvalue weighted by Gasteiger charge is -2.52. The predicted octanol–water partition coefficient (Wildman–Crippen LogP) is 1.37. The minimum atomic E-state index is -1.56. The number of nitrogens with one attached hydrogen (secondary N) is 1. The number of fused-ring (bicyclic) bond motifs is 3. The smallest absolute Gasteiger partial charge is 0.326 e. The zero-order valence-electron chi connectivity index (χ0n) is 17.8. The summed E-state index contributed by atoms with van der Waals surface area (Å²) in [4.78, 5) is 72.9. The quantitative estimate of drug-likeness (QED) is 0.541. The van der Waals surface area contributed by atoms with Crippen LogP contribution in [0.5, 0.6) is 0 Å². The van der Waals surface area contributed by atoms with Crippen molar-refractivity contribution in [2.45, 2.75) is 71.3 Å². The van der Waals surface area contributed by atoms with Crippen molar-refractivity contribution in [1.82, 2.24) is 5.32 Å². The van der Waals surface area contributed by atoms with E-state index in [0.29, 0.717) is 19.3 Å². The number of amides is 1. The fourth-order valence-corrected chi connectivity index (χ4v) is 6.22. The third kappa shape index (κ3) is 4.02. The fourth-order valence-electron chi connectivity index (χ4n) is 6.22. The third-order valence-corrected chi connectivity index (χ3v) is 7.88. The van der Waals surface area contributed by atoms with Crippen molar-refractivity contribution in [2.24, 2.45) is 28.6 Å². The van der Waals surface area contributed by atoms with E-state index in [1.54, 1.807) is 6.92 Å². The van der Waals surface area contributed by atoms with E-state index in [0.717, 1.165) is 0 Å². The second-order valence-electron chi connectivity index (χ2n) is 9.71. The Morgan fingerprint density at radius 3 is 2.32 bits per heavy atom. The van der Waals surface area contributed by atoms with Gasteiger partial charge in [0.2, 0.25) is 5.91 Å². The molecule has 3 N–H and O–H groups in total. The van der Waals surface area contributed by atoms with Gasteiger partial charge < -0.3 is 15.5 Å². The predicted molar refractivity (Wildman–Crippen MR) is 106 cm³/mol. The van der Waals surface area contributed by atoms with E-state index in [4.69, 9.17) is 10.2 Å². The van der Waals surface area contributed by atoms with Gasteiger partial charge in [-0.15, -0.1) is 0 Å². The van der Waals surface area contributed by atoms with Crippen LogP contribution in [0.15, 0.2) is 0 Å². The molecular formula is C22H29NO8. The summed E-state index contributed by atoms with van der Waals surface area (Å²) in [7, 11) is 0. The standard InChI is InChI=1S/C22H29NO8/c1-21(8-7-17(27)23-13(20(30)31)9-18(28)29)15(25)5-3-11-12-4-6-16(26)22(12,2)10-14(24)19(11)21/h11-13,19H,3-10H2,1-2H3,(H,23,27)(H,28,29)(H,30,31)/t11-,12-,13-,19+,21-,22-/m0/s1. The average molecular weight is 435 g/mol. The van der Waals surface area contributed by atoms with Gasteiger partial charge in [-0.05, 0) is 31.1 Å². The van der Waals surface area contributed by atoms with Gasteiger partial charge >= 0.3 is 11.9 Å². The number of rotatable bonds is 7. The van der Waals surface area contributed by atoms with E-state index in [1.807, 2.05) is 6.92 Å². The Kier molecular flexibility index (Phi) is 6.08. The molecule has 6 atom stereocenters. The SMILES string of the molecule is C[C@]1(CCC(=O)N[C@@H](CC(=O)O)C(=O)O)C(=O)CC[C@@H]2[C@@H]1C(=O)C[C@]1(C)C(=O)CC[C@@H]21. The molecule has 3 saturated carbocycles. The maximum atomic E-state index is 13.2. The highest BCUT2D eigenvalue weighted by Gasteiger charge is 2.62. The van der Waals surface area contributed by atoms with Gasteiger partial charge in [0, 0.05) is 42.4 Å². The lowest BCUT2D eigenvalue weighted by molar-refractivity contribution is -0.160. The van der Waals surface area contributed by atoms with Crippen LogP contribution in [-0.4, -0.2) is 51.5 Å². The summed E-state index contributed by atoms with van der Waals surface area (Å²) in [6, 6.07) is -1.56. The molecule has 0 aliphatic heterocycles. The van der Waals surface area contributed by atoms with Crippen molar-refractivity contribution in [3.8, 4) is 0 Å². The highest BCUT2D eigenvalue weighted by Crippen LogP contribution is 2.60. The van der Waals surface area contributed by atoms with Crippen molar-refractivity contribution < 1.29 is 39.0 Å². The summed E-state index contributed by atoms with van der Waals surface area (Å²) in [5.41, 5.74) is -1.72. The van der Waals surface area contributed by atoms with Gasteiger partial charge in [-0.3, -0.25) is 24.0 Å². The molecule has 1 amide bonds. The number of carboxylic acid groups (broad SMARTS) is 2. The fraction of sp³-hybridized carbons (Fsp3) is 0.727. The van der Waals surface area contributed by atoms with Crippen LogP contribution >= 0.6 is 0 Å². The van der Waals surface area contributed by atoms with E-state index >= 15 is 0 Å². The van der Waals surface area contributed by atoms with Crippen LogP contribution in [0.2, 0.25) is 0 Å². The number of Topliss-reactive ketones (excluding diaryl/α,β-unsaturated/α-hetero) is 3. The Balaban J connectivity index is 1.75. The summed E-state index contributed by atoms with van der Waals surface area (Å²) in [5, 5.41) is 20.1. The molecule has 0 heterocycles. The average Bonchev–Trinajstić information content (AvgIpc) is 2.96. The molecule has 3 fully saturated rings. The third-order valence-electron chi connectivity index (χ3n) is 7.88. The van der Waals surface area contributed by atoms with Crippen molar-refractivity contribution in [2.75, 3.05) is 0 Å². The lowest BCUT2D eigenvalue weighted by atomic mass is 9.48. The van der Waals surface area contributed by atoms with Gasteiger partial charge in [-0.2, -0.15) is 0 Å². The number of carbonyl (C=O) groups is 6. The summed E-state index contributed by atoms with van der Waals surface area (Å²) < 4.78 is 0. The molecule has 0 aromatic carbocycles. The molecule has 170 valence electrons. The summed E-state index contributed by atoms with van der Waals surface area (Å²) in [5.74, 6) is -4.16. The van der Waals surface area contributed by atoms with Crippen molar-refractivity contribution >= 4 is 35.2 Å². The number of aliphatic carboxylic acids is 2. The Hall–Kier alpha value is -2.58. The molecule has 3 aliphatic rings. The van der Waals surface area contributed by atoms with Gasteiger partial charge in [0.25, 0.3) is 0 Å². The van der Waals surface area contributed by atoms with Crippen LogP contribution in [0.25, 0.3) is 0 Å². The van der Waals surface area contributed by atoms with Crippen molar-refractivity contribution in [3.05, 3.63) is 0 Å². The molecule has 3 aliphatic carbocycles. The molecule has 0 spiro atoms. The first kappa shape index (κ1) is 23.1. The van der Waals surface area contributed by atoms with Gasteiger partial charge in [-0.25, -0.2) is 4.79 Å². The minimum Gasteiger partial charge on any atom is -0.481 e. The van der Waals surface area contributed by atoms with Crippen LogP contribution < -0.4 is 5.32 Å². The van der Waals surface area contributed by atoms with Gasteiger partial charge in [0.05, 0.1) is 6.42 Å². The van der Waals surface area contributed by atoms with Gasteiger partial charge in [0.15, 0.2) is 0 Å². The molecule has 0 unspecified atom stereocenters. The molecule has 3 rings (SSSR count). The highest BCUT2D eigenvalue weighted by atomic mass is 16.4. The van der Waals surface area contributed by atoms with Gasteiger partial charge in [-0.1, -0.05) is 13.8 Å². The zero-order valence-corrected chi connectivity index (χ0v) is 17.8. The van der Waals surface area contributed by atoms with E-state index in [1.165, 1.54) is 0 Å². The Bertz CT molecular complexity index is 850. The number of hydrogen-bond donors (Lipinski definition) is 3. The first-order valence-corrected chi connectivity index (χ1v) is 10.7. The molecule has 0 aromatic rings. The second-order valence-corrected chi connectivity index (χ2v) is 9.71. The molecule has 0 bridgehead atoms. The van der Waals surface area contributed by atoms with Crippen LogP contribution in [0.3, 0.4) is 0 Å². The highest BCUT2D eigenvalue weighted by molar-refractivity contribution is 5.99. The number of ketones is 3.